The molecule has 0 amide bonds. The summed E-state index contributed by atoms with van der Waals surface area (Å²) in [7, 11) is 1.32. The highest BCUT2D eigenvalue weighted by molar-refractivity contribution is 5.80. The summed E-state index contributed by atoms with van der Waals surface area (Å²) >= 11 is 0. The summed E-state index contributed by atoms with van der Waals surface area (Å²) < 4.78 is 4.72. The molecule has 0 aromatic heterocycles. The number of carbonyl (C=O) groups excluding carboxylic acids is 1. The maximum atomic E-state index is 11.7. The molecule has 0 fully saturated rings. The normalized spacial score (nSPS) is 15.9. The number of hydrogen-bond acceptors (Lipinski definition) is 3. The minimum atomic E-state index is -1.06. The van der Waals surface area contributed by atoms with Crippen LogP contribution in [-0.4, -0.2) is 13.1 Å². The second kappa shape index (κ2) is 6.23. The smallest absolute Gasteiger partial charge is 0.326 e. The predicted molar refractivity (Wildman–Crippen MR) is 58.9 cm³/mol. The van der Waals surface area contributed by atoms with Crippen molar-refractivity contribution in [2.24, 2.45) is 11.3 Å². The topological polar surface area (TPSA) is 50.1 Å². The molecule has 2 unspecified atom stereocenters. The largest absolute Gasteiger partial charge is 0.468 e. The number of allylic oxidation sites excluding steroid dienone is 1. The maximum Gasteiger partial charge on any atom is 0.326 e. The van der Waals surface area contributed by atoms with Gasteiger partial charge in [-0.05, 0) is 18.8 Å². The molecule has 0 aromatic carbocycles. The Labute approximate surface area is 91.7 Å². The van der Waals surface area contributed by atoms with Gasteiger partial charge in [-0.15, -0.1) is 6.58 Å². The van der Waals surface area contributed by atoms with Crippen LogP contribution >= 0.6 is 0 Å². The van der Waals surface area contributed by atoms with E-state index in [-0.39, 0.29) is 5.92 Å². The molecular weight excluding hydrogens is 190 g/mol. The summed E-state index contributed by atoms with van der Waals surface area (Å²) in [4.78, 5) is 11.7. The minimum absolute atomic E-state index is 0.0158. The highest BCUT2D eigenvalue weighted by Gasteiger charge is 2.43. The van der Waals surface area contributed by atoms with Gasteiger partial charge in [-0.25, -0.2) is 0 Å². The van der Waals surface area contributed by atoms with Crippen LogP contribution in [0.25, 0.3) is 0 Å². The second-order valence-electron chi connectivity index (χ2n) is 3.76. The Hall–Kier alpha value is -1.30. The fourth-order valence-electron chi connectivity index (χ4n) is 1.78. The number of esters is 1. The standard InChI is InChI=1S/C12H19NO2/c1-5-7-10(3)12(9-13,8-6-2)11(14)15-4/h6,10H,2,5,7-8H2,1,3-4H3. The number of nitrogens with zero attached hydrogens (tertiary/aromatic N) is 1. The molecule has 0 spiro atoms. The monoisotopic (exact) mass is 209 g/mol. The average Bonchev–Trinajstić information content (AvgIpc) is 2.25. The highest BCUT2D eigenvalue weighted by atomic mass is 16.5. The van der Waals surface area contributed by atoms with Crippen LogP contribution in [0.3, 0.4) is 0 Å². The molecule has 0 aliphatic carbocycles. The SMILES string of the molecule is C=CCC(C#N)(C(=O)OC)C(C)CCC. The number of carbonyl (C=O) groups is 1. The van der Waals surface area contributed by atoms with Crippen LogP contribution in [0.4, 0.5) is 0 Å². The summed E-state index contributed by atoms with van der Waals surface area (Å²) in [6, 6.07) is 2.11. The second-order valence-corrected chi connectivity index (χ2v) is 3.76. The molecule has 0 aromatic rings. The summed E-state index contributed by atoms with van der Waals surface area (Å²) in [6.07, 6.45) is 3.72. The van der Waals surface area contributed by atoms with Gasteiger partial charge in [0.1, 0.15) is 0 Å². The highest BCUT2D eigenvalue weighted by Crippen LogP contribution is 2.35. The van der Waals surface area contributed by atoms with Gasteiger partial charge < -0.3 is 4.74 Å². The maximum absolute atomic E-state index is 11.7. The first-order valence-electron chi connectivity index (χ1n) is 5.19. The molecule has 2 atom stereocenters. The molecule has 0 saturated heterocycles. The van der Waals surface area contributed by atoms with Crippen LogP contribution in [0, 0.1) is 22.7 Å². The Kier molecular flexibility index (Phi) is 5.69. The summed E-state index contributed by atoms with van der Waals surface area (Å²) in [5, 5.41) is 9.21. The van der Waals surface area contributed by atoms with Crippen molar-refractivity contribution in [3.05, 3.63) is 12.7 Å². The first kappa shape index (κ1) is 13.7. The molecule has 0 heterocycles. The molecule has 15 heavy (non-hydrogen) atoms. The Bertz CT molecular complexity index is 267. The first-order valence-corrected chi connectivity index (χ1v) is 5.19. The fourth-order valence-corrected chi connectivity index (χ4v) is 1.78. The van der Waals surface area contributed by atoms with Gasteiger partial charge in [-0.1, -0.05) is 26.3 Å². The van der Waals surface area contributed by atoms with Crippen molar-refractivity contribution in [3.8, 4) is 6.07 Å². The third kappa shape index (κ3) is 2.82. The van der Waals surface area contributed by atoms with E-state index in [1.807, 2.05) is 13.8 Å². The molecule has 3 heteroatoms. The zero-order valence-electron chi connectivity index (χ0n) is 9.75. The van der Waals surface area contributed by atoms with Crippen molar-refractivity contribution in [1.29, 1.82) is 5.26 Å². The first-order chi connectivity index (χ1) is 7.08. The average molecular weight is 209 g/mol. The van der Waals surface area contributed by atoms with E-state index in [4.69, 9.17) is 4.74 Å². The summed E-state index contributed by atoms with van der Waals surface area (Å²) in [6.45, 7) is 7.54. The lowest BCUT2D eigenvalue weighted by molar-refractivity contribution is -0.151. The Morgan fingerprint density at radius 1 is 1.73 bits per heavy atom. The van der Waals surface area contributed by atoms with Crippen LogP contribution in [0.15, 0.2) is 12.7 Å². The van der Waals surface area contributed by atoms with Crippen LogP contribution in [-0.2, 0) is 9.53 Å². The van der Waals surface area contributed by atoms with E-state index >= 15 is 0 Å². The van der Waals surface area contributed by atoms with Crippen molar-refractivity contribution in [2.45, 2.75) is 33.1 Å². The van der Waals surface area contributed by atoms with Crippen LogP contribution in [0.1, 0.15) is 33.1 Å². The van der Waals surface area contributed by atoms with Crippen LogP contribution in [0.2, 0.25) is 0 Å². The molecule has 0 N–H and O–H groups in total. The lowest BCUT2D eigenvalue weighted by Gasteiger charge is -2.28. The molecule has 0 aliphatic heterocycles. The van der Waals surface area contributed by atoms with E-state index in [1.54, 1.807) is 6.08 Å². The van der Waals surface area contributed by atoms with Crippen molar-refractivity contribution < 1.29 is 9.53 Å². The predicted octanol–water partition coefficient (Wildman–Crippen LogP) is 2.68. The lowest BCUT2D eigenvalue weighted by atomic mass is 9.73. The fraction of sp³-hybridized carbons (Fsp3) is 0.667. The zero-order chi connectivity index (χ0) is 11.9. The van der Waals surface area contributed by atoms with Crippen LogP contribution < -0.4 is 0 Å². The van der Waals surface area contributed by atoms with Gasteiger partial charge in [0.25, 0.3) is 0 Å². The van der Waals surface area contributed by atoms with Gasteiger partial charge in [0, 0.05) is 0 Å². The minimum Gasteiger partial charge on any atom is -0.468 e. The molecule has 3 nitrogen and oxygen atoms in total. The van der Waals surface area contributed by atoms with Crippen LogP contribution in [0.5, 0.6) is 0 Å². The number of hydrogen-bond donors (Lipinski definition) is 0. The van der Waals surface area contributed by atoms with Gasteiger partial charge in [-0.2, -0.15) is 5.26 Å². The van der Waals surface area contributed by atoms with Gasteiger partial charge in [0.05, 0.1) is 13.2 Å². The Balaban J connectivity index is 5.06. The third-order valence-corrected chi connectivity index (χ3v) is 2.78. The lowest BCUT2D eigenvalue weighted by Crippen LogP contribution is -2.36. The molecule has 0 saturated carbocycles. The van der Waals surface area contributed by atoms with E-state index in [1.165, 1.54) is 7.11 Å². The summed E-state index contributed by atoms with van der Waals surface area (Å²) in [5.74, 6) is -0.469. The number of methoxy groups -OCH3 is 1. The molecule has 84 valence electrons. The van der Waals surface area contributed by atoms with E-state index in [0.717, 1.165) is 12.8 Å². The van der Waals surface area contributed by atoms with E-state index < -0.39 is 11.4 Å². The molecule has 0 aliphatic rings. The molecule has 0 bridgehead atoms. The van der Waals surface area contributed by atoms with Crippen molar-refractivity contribution >= 4 is 5.97 Å². The van der Waals surface area contributed by atoms with E-state index in [9.17, 15) is 10.1 Å². The van der Waals surface area contributed by atoms with E-state index in [0.29, 0.717) is 6.42 Å². The Morgan fingerprint density at radius 3 is 2.67 bits per heavy atom. The van der Waals surface area contributed by atoms with Gasteiger partial charge in [0.15, 0.2) is 5.41 Å². The number of ether oxygens (including phenoxy) is 1. The molecular formula is C12H19NO2. The van der Waals surface area contributed by atoms with Gasteiger partial charge in [-0.3, -0.25) is 4.79 Å². The third-order valence-electron chi connectivity index (χ3n) is 2.78. The van der Waals surface area contributed by atoms with Crippen molar-refractivity contribution in [3.63, 3.8) is 0 Å². The quantitative estimate of drug-likeness (QED) is 0.499. The number of nitriles is 1. The number of rotatable bonds is 6. The van der Waals surface area contributed by atoms with E-state index in [2.05, 4.69) is 12.6 Å². The zero-order valence-corrected chi connectivity index (χ0v) is 9.75. The summed E-state index contributed by atoms with van der Waals surface area (Å²) in [5.41, 5.74) is -1.06. The van der Waals surface area contributed by atoms with Gasteiger partial charge in [0.2, 0.25) is 0 Å². The molecule has 0 radical (unpaired) electrons. The van der Waals surface area contributed by atoms with Crippen molar-refractivity contribution in [2.75, 3.05) is 7.11 Å². The van der Waals surface area contributed by atoms with Gasteiger partial charge >= 0.3 is 5.97 Å². The Morgan fingerprint density at radius 2 is 2.33 bits per heavy atom. The molecule has 0 rings (SSSR count). The van der Waals surface area contributed by atoms with Crippen molar-refractivity contribution in [1.82, 2.24) is 0 Å².